The molecule has 1 N–H and O–H groups in total. The highest BCUT2D eigenvalue weighted by atomic mass is 16.5. The first kappa shape index (κ1) is 16.7. The molecular weight excluding hydrogens is 276 g/mol. The fraction of sp³-hybridized carbons (Fsp3) is 1.00. The molecule has 4 heteroatoms. The first-order valence-corrected chi connectivity index (χ1v) is 9.23. The molecule has 3 rings (SSSR count). The van der Waals surface area contributed by atoms with Crippen LogP contribution in [0, 0.1) is 5.41 Å². The van der Waals surface area contributed by atoms with E-state index < -0.39 is 0 Å². The van der Waals surface area contributed by atoms with Crippen LogP contribution in [-0.2, 0) is 9.47 Å². The minimum absolute atomic E-state index is 0.273. The Bertz CT molecular complexity index is 360. The van der Waals surface area contributed by atoms with Crippen LogP contribution in [0.2, 0.25) is 0 Å². The van der Waals surface area contributed by atoms with E-state index in [1.54, 1.807) is 0 Å². The Morgan fingerprint density at radius 2 is 1.82 bits per heavy atom. The summed E-state index contributed by atoms with van der Waals surface area (Å²) in [6, 6.07) is 0.659. The molecule has 1 heterocycles. The molecule has 1 aliphatic heterocycles. The van der Waals surface area contributed by atoms with Crippen LogP contribution in [0.25, 0.3) is 0 Å². The zero-order valence-corrected chi connectivity index (χ0v) is 14.7. The maximum absolute atomic E-state index is 6.04. The SMILES string of the molecule is CCO[C@@H]1C[C@H](NCC2(N(C)C)CCOCC2)C12CCCC2. The van der Waals surface area contributed by atoms with E-state index in [1.807, 2.05) is 0 Å². The summed E-state index contributed by atoms with van der Waals surface area (Å²) in [5.41, 5.74) is 0.712. The number of nitrogens with one attached hydrogen (secondary N) is 1. The van der Waals surface area contributed by atoms with Crippen molar-refractivity contribution in [3.8, 4) is 0 Å². The molecule has 0 aromatic heterocycles. The molecule has 2 aliphatic carbocycles. The molecule has 128 valence electrons. The van der Waals surface area contributed by atoms with Gasteiger partial charge in [-0.25, -0.2) is 0 Å². The van der Waals surface area contributed by atoms with Crippen molar-refractivity contribution in [2.75, 3.05) is 40.5 Å². The number of ether oxygens (including phenoxy) is 2. The molecule has 0 unspecified atom stereocenters. The largest absolute Gasteiger partial charge is 0.381 e. The van der Waals surface area contributed by atoms with E-state index in [2.05, 4.69) is 31.2 Å². The third kappa shape index (κ3) is 2.83. The molecule has 4 nitrogen and oxygen atoms in total. The van der Waals surface area contributed by atoms with Gasteiger partial charge in [0.2, 0.25) is 0 Å². The maximum Gasteiger partial charge on any atom is 0.0661 e. The van der Waals surface area contributed by atoms with Gasteiger partial charge in [-0.2, -0.15) is 0 Å². The standard InChI is InChI=1S/C18H34N2O2/c1-4-22-16-13-15(18(16)7-5-6-8-18)19-14-17(20(2)3)9-11-21-12-10-17/h15-16,19H,4-14H2,1-3H3/t15-,16+/m0/s1. The van der Waals surface area contributed by atoms with Gasteiger partial charge in [-0.05, 0) is 53.1 Å². The number of hydrogen-bond donors (Lipinski definition) is 1. The lowest BCUT2D eigenvalue weighted by molar-refractivity contribution is -0.133. The Balaban J connectivity index is 1.61. The highest BCUT2D eigenvalue weighted by molar-refractivity contribution is 5.11. The third-order valence-electron chi connectivity index (χ3n) is 6.74. The van der Waals surface area contributed by atoms with E-state index in [9.17, 15) is 0 Å². The first-order valence-electron chi connectivity index (χ1n) is 9.23. The predicted octanol–water partition coefficient (Wildman–Crippen LogP) is 2.42. The number of rotatable bonds is 6. The van der Waals surface area contributed by atoms with Gasteiger partial charge in [0, 0.05) is 43.4 Å². The molecular formula is C18H34N2O2. The topological polar surface area (TPSA) is 33.7 Å². The second kappa shape index (κ2) is 6.76. The van der Waals surface area contributed by atoms with Crippen molar-refractivity contribution in [3.63, 3.8) is 0 Å². The van der Waals surface area contributed by atoms with Crippen molar-refractivity contribution in [1.29, 1.82) is 0 Å². The summed E-state index contributed by atoms with van der Waals surface area (Å²) in [5.74, 6) is 0. The van der Waals surface area contributed by atoms with Crippen LogP contribution >= 0.6 is 0 Å². The first-order chi connectivity index (χ1) is 10.6. The highest BCUT2D eigenvalue weighted by Crippen LogP contribution is 2.54. The monoisotopic (exact) mass is 310 g/mol. The van der Waals surface area contributed by atoms with E-state index >= 15 is 0 Å². The lowest BCUT2D eigenvalue weighted by atomic mass is 9.60. The van der Waals surface area contributed by atoms with Gasteiger partial charge in [0.15, 0.2) is 0 Å². The summed E-state index contributed by atoms with van der Waals surface area (Å²) in [7, 11) is 4.45. The van der Waals surface area contributed by atoms with Gasteiger partial charge in [-0.3, -0.25) is 0 Å². The van der Waals surface area contributed by atoms with Gasteiger partial charge < -0.3 is 19.7 Å². The highest BCUT2D eigenvalue weighted by Gasteiger charge is 2.56. The lowest BCUT2D eigenvalue weighted by Gasteiger charge is -2.55. The van der Waals surface area contributed by atoms with Crippen molar-refractivity contribution in [1.82, 2.24) is 10.2 Å². The molecule has 1 saturated heterocycles. The Morgan fingerprint density at radius 3 is 2.41 bits per heavy atom. The predicted molar refractivity (Wildman–Crippen MR) is 89.2 cm³/mol. The third-order valence-corrected chi connectivity index (χ3v) is 6.74. The fourth-order valence-electron chi connectivity index (χ4n) is 5.02. The molecule has 0 aromatic rings. The average molecular weight is 310 g/mol. The van der Waals surface area contributed by atoms with E-state index in [1.165, 1.54) is 32.1 Å². The Labute approximate surface area is 135 Å². The van der Waals surface area contributed by atoms with Crippen molar-refractivity contribution in [2.24, 2.45) is 5.41 Å². The second-order valence-electron chi connectivity index (χ2n) is 7.78. The number of likely N-dealkylation sites (N-methyl/N-ethyl adjacent to an activating group) is 1. The zero-order chi connectivity index (χ0) is 15.6. The maximum atomic E-state index is 6.04. The van der Waals surface area contributed by atoms with E-state index in [0.717, 1.165) is 39.2 Å². The van der Waals surface area contributed by atoms with Crippen LogP contribution in [0.3, 0.4) is 0 Å². The van der Waals surface area contributed by atoms with Gasteiger partial charge in [-0.15, -0.1) is 0 Å². The minimum Gasteiger partial charge on any atom is -0.381 e. The van der Waals surface area contributed by atoms with Crippen molar-refractivity contribution in [3.05, 3.63) is 0 Å². The Morgan fingerprint density at radius 1 is 1.14 bits per heavy atom. The molecule has 3 fully saturated rings. The molecule has 0 bridgehead atoms. The Hall–Kier alpha value is -0.160. The van der Waals surface area contributed by atoms with E-state index in [0.29, 0.717) is 17.6 Å². The average Bonchev–Trinajstić information content (AvgIpc) is 3.03. The molecule has 0 radical (unpaired) electrons. The lowest BCUT2D eigenvalue weighted by Crippen LogP contribution is -2.66. The van der Waals surface area contributed by atoms with Gasteiger partial charge in [0.1, 0.15) is 0 Å². The minimum atomic E-state index is 0.273. The number of nitrogens with zero attached hydrogens (tertiary/aromatic N) is 1. The quantitative estimate of drug-likeness (QED) is 0.817. The fourth-order valence-corrected chi connectivity index (χ4v) is 5.02. The smallest absolute Gasteiger partial charge is 0.0661 e. The normalized spacial score (nSPS) is 33.3. The molecule has 2 atom stereocenters. The summed E-state index contributed by atoms with van der Waals surface area (Å²) < 4.78 is 11.6. The summed E-state index contributed by atoms with van der Waals surface area (Å²) in [6.45, 7) is 5.88. The van der Waals surface area contributed by atoms with Gasteiger partial charge in [0.25, 0.3) is 0 Å². The summed E-state index contributed by atoms with van der Waals surface area (Å²) in [6.07, 6.45) is 9.46. The van der Waals surface area contributed by atoms with Crippen molar-refractivity contribution in [2.45, 2.75) is 69.6 Å². The van der Waals surface area contributed by atoms with Crippen LogP contribution in [0.1, 0.15) is 51.9 Å². The van der Waals surface area contributed by atoms with Crippen LogP contribution in [0.4, 0.5) is 0 Å². The molecule has 22 heavy (non-hydrogen) atoms. The summed E-state index contributed by atoms with van der Waals surface area (Å²) in [5, 5.41) is 3.95. The van der Waals surface area contributed by atoms with E-state index in [4.69, 9.17) is 9.47 Å². The van der Waals surface area contributed by atoms with E-state index in [-0.39, 0.29) is 5.54 Å². The van der Waals surface area contributed by atoms with Crippen molar-refractivity contribution < 1.29 is 9.47 Å². The summed E-state index contributed by atoms with van der Waals surface area (Å²) in [4.78, 5) is 2.42. The molecule has 0 aromatic carbocycles. The van der Waals surface area contributed by atoms with Crippen LogP contribution < -0.4 is 5.32 Å². The molecule has 2 saturated carbocycles. The van der Waals surface area contributed by atoms with Crippen LogP contribution in [0.15, 0.2) is 0 Å². The zero-order valence-electron chi connectivity index (χ0n) is 14.7. The van der Waals surface area contributed by atoms with Crippen molar-refractivity contribution >= 4 is 0 Å². The molecule has 1 spiro atoms. The van der Waals surface area contributed by atoms with Gasteiger partial charge in [-0.1, -0.05) is 12.8 Å². The van der Waals surface area contributed by atoms with Gasteiger partial charge in [0.05, 0.1) is 6.10 Å². The second-order valence-corrected chi connectivity index (χ2v) is 7.78. The Kier molecular flexibility index (Phi) is 5.13. The molecule has 0 amide bonds. The van der Waals surface area contributed by atoms with Crippen LogP contribution in [0.5, 0.6) is 0 Å². The van der Waals surface area contributed by atoms with Crippen LogP contribution in [-0.4, -0.2) is 63.0 Å². The molecule has 3 aliphatic rings. The van der Waals surface area contributed by atoms with Gasteiger partial charge >= 0.3 is 0 Å². The number of hydrogen-bond acceptors (Lipinski definition) is 4. The summed E-state index contributed by atoms with van der Waals surface area (Å²) >= 11 is 0.